The van der Waals surface area contributed by atoms with Crippen molar-refractivity contribution in [1.29, 1.82) is 0 Å². The third kappa shape index (κ3) is 6.95. The Morgan fingerprint density at radius 2 is 2.14 bits per heavy atom. The van der Waals surface area contributed by atoms with Crippen molar-refractivity contribution < 1.29 is 32.6 Å². The summed E-state index contributed by atoms with van der Waals surface area (Å²) < 4.78 is 39.6. The van der Waals surface area contributed by atoms with Gasteiger partial charge in [0.05, 0.1) is 6.61 Å². The molecule has 10 heteroatoms. The van der Waals surface area contributed by atoms with Crippen LogP contribution in [-0.4, -0.2) is 43.0 Å². The van der Waals surface area contributed by atoms with Gasteiger partial charge >= 0.3 is 18.2 Å². The first kappa shape index (κ1) is 17.2. The number of hydrogen-bond donors (Lipinski definition) is 3. The molecule has 0 spiro atoms. The number of carboxylic acid groups (broad SMARTS) is 1. The number of thiophene rings is 1. The zero-order valence-corrected chi connectivity index (χ0v) is 11.5. The molecule has 0 fully saturated rings. The van der Waals surface area contributed by atoms with Crippen LogP contribution < -0.4 is 10.6 Å². The number of amides is 2. The first-order chi connectivity index (χ1) is 9.79. The number of nitrogens with one attached hydrogen (secondary N) is 2. The summed E-state index contributed by atoms with van der Waals surface area (Å²) in [5.41, 5.74) is 0. The van der Waals surface area contributed by atoms with E-state index in [0.717, 1.165) is 11.3 Å². The molecule has 0 aliphatic rings. The molecule has 3 N–H and O–H groups in total. The van der Waals surface area contributed by atoms with Crippen LogP contribution in [0.5, 0.6) is 0 Å². The summed E-state index contributed by atoms with van der Waals surface area (Å²) in [6, 6.07) is 1.18. The van der Waals surface area contributed by atoms with Crippen molar-refractivity contribution >= 4 is 23.3 Å². The molecule has 2 amide bonds. The smallest absolute Gasteiger partial charge is 0.411 e. The van der Waals surface area contributed by atoms with Gasteiger partial charge in [0, 0.05) is 11.4 Å². The highest BCUT2D eigenvalue weighted by atomic mass is 32.1. The number of ether oxygens (including phenoxy) is 1. The van der Waals surface area contributed by atoms with Gasteiger partial charge in [-0.05, 0) is 11.4 Å². The fourth-order valence-electron chi connectivity index (χ4n) is 1.32. The minimum absolute atomic E-state index is 0.168. The summed E-state index contributed by atoms with van der Waals surface area (Å²) in [5.74, 6) is -1.24. The average molecular weight is 326 g/mol. The van der Waals surface area contributed by atoms with E-state index in [1.807, 2.05) is 0 Å². The van der Waals surface area contributed by atoms with Crippen LogP contribution in [0.3, 0.4) is 0 Å². The Bertz CT molecular complexity index is 465. The van der Waals surface area contributed by atoms with Gasteiger partial charge in [-0.25, -0.2) is 9.59 Å². The molecule has 1 unspecified atom stereocenters. The van der Waals surface area contributed by atoms with E-state index in [1.54, 1.807) is 17.5 Å². The molecule has 1 heterocycles. The molecule has 6 nitrogen and oxygen atoms in total. The second kappa shape index (κ2) is 7.84. The van der Waals surface area contributed by atoms with Crippen LogP contribution in [-0.2, 0) is 9.53 Å². The van der Waals surface area contributed by atoms with Crippen molar-refractivity contribution in [3.63, 3.8) is 0 Å². The van der Waals surface area contributed by atoms with E-state index in [2.05, 4.69) is 15.4 Å². The lowest BCUT2D eigenvalue weighted by Crippen LogP contribution is -2.41. The highest BCUT2D eigenvalue weighted by molar-refractivity contribution is 7.10. The number of alkyl halides is 3. The number of rotatable bonds is 7. The standard InChI is InChI=1S/C11H13F3N2O4S/c12-11(13,14)6-20-4-3-15-10(19)16-8(9(17)18)7-2-1-5-21-7/h1-2,5,8H,3-4,6H2,(H,17,18)(H2,15,16,19). The van der Waals surface area contributed by atoms with Crippen LogP contribution in [0.2, 0.25) is 0 Å². The minimum atomic E-state index is -4.42. The van der Waals surface area contributed by atoms with Crippen LogP contribution in [0.15, 0.2) is 17.5 Å². The Morgan fingerprint density at radius 1 is 1.43 bits per heavy atom. The maximum absolute atomic E-state index is 11.8. The maximum atomic E-state index is 11.8. The average Bonchev–Trinajstić information content (AvgIpc) is 2.87. The Morgan fingerprint density at radius 3 is 2.67 bits per heavy atom. The van der Waals surface area contributed by atoms with Gasteiger partial charge < -0.3 is 20.5 Å². The minimum Gasteiger partial charge on any atom is -0.479 e. The molecule has 21 heavy (non-hydrogen) atoms. The molecule has 0 aliphatic carbocycles. The van der Waals surface area contributed by atoms with Crippen molar-refractivity contribution in [2.24, 2.45) is 0 Å². The van der Waals surface area contributed by atoms with E-state index in [-0.39, 0.29) is 13.2 Å². The summed E-state index contributed by atoms with van der Waals surface area (Å²) in [6.07, 6.45) is -4.42. The van der Waals surface area contributed by atoms with Crippen LogP contribution in [0.4, 0.5) is 18.0 Å². The molecule has 1 aromatic rings. The molecular weight excluding hydrogens is 313 g/mol. The first-order valence-corrected chi connectivity index (χ1v) is 6.62. The second-order valence-electron chi connectivity index (χ2n) is 3.85. The molecule has 0 aliphatic heterocycles. The quantitative estimate of drug-likeness (QED) is 0.666. The fraction of sp³-hybridized carbons (Fsp3) is 0.455. The van der Waals surface area contributed by atoms with Crippen molar-refractivity contribution in [2.45, 2.75) is 12.2 Å². The lowest BCUT2D eigenvalue weighted by molar-refractivity contribution is -0.173. The van der Waals surface area contributed by atoms with E-state index in [4.69, 9.17) is 5.11 Å². The highest BCUT2D eigenvalue weighted by Crippen LogP contribution is 2.19. The van der Waals surface area contributed by atoms with E-state index in [1.165, 1.54) is 0 Å². The van der Waals surface area contributed by atoms with Crippen molar-refractivity contribution in [2.75, 3.05) is 19.8 Å². The molecule has 1 atom stereocenters. The Labute approximate surface area is 121 Å². The van der Waals surface area contributed by atoms with Crippen molar-refractivity contribution in [1.82, 2.24) is 10.6 Å². The number of halogens is 3. The molecule has 1 aromatic heterocycles. The molecular formula is C11H13F3N2O4S. The third-order valence-electron chi connectivity index (χ3n) is 2.15. The first-order valence-electron chi connectivity index (χ1n) is 5.74. The van der Waals surface area contributed by atoms with Gasteiger partial charge in [-0.2, -0.15) is 13.2 Å². The Balaban J connectivity index is 2.30. The summed E-state index contributed by atoms with van der Waals surface area (Å²) in [4.78, 5) is 22.9. The third-order valence-corrected chi connectivity index (χ3v) is 3.08. The summed E-state index contributed by atoms with van der Waals surface area (Å²) in [7, 11) is 0. The van der Waals surface area contributed by atoms with E-state index in [0.29, 0.717) is 4.88 Å². The predicted molar refractivity (Wildman–Crippen MR) is 68.1 cm³/mol. The van der Waals surface area contributed by atoms with E-state index < -0.39 is 30.8 Å². The van der Waals surface area contributed by atoms with Gasteiger partial charge in [0.2, 0.25) is 0 Å². The summed E-state index contributed by atoms with van der Waals surface area (Å²) >= 11 is 1.16. The largest absolute Gasteiger partial charge is 0.479 e. The van der Waals surface area contributed by atoms with Crippen molar-refractivity contribution in [3.8, 4) is 0 Å². The number of carboxylic acids is 1. The lowest BCUT2D eigenvalue weighted by atomic mass is 10.2. The predicted octanol–water partition coefficient (Wildman–Crippen LogP) is 1.75. The zero-order valence-electron chi connectivity index (χ0n) is 10.6. The Hall–Kier alpha value is -1.81. The number of carbonyl (C=O) groups is 2. The van der Waals surface area contributed by atoms with Gasteiger partial charge in [-0.15, -0.1) is 11.3 Å². The SMILES string of the molecule is O=C(NCCOCC(F)(F)F)NC(C(=O)O)c1cccs1. The monoisotopic (exact) mass is 326 g/mol. The Kier molecular flexibility index (Phi) is 6.43. The van der Waals surface area contributed by atoms with Crippen LogP contribution >= 0.6 is 11.3 Å². The van der Waals surface area contributed by atoms with Gasteiger partial charge in [0.15, 0.2) is 6.04 Å². The van der Waals surface area contributed by atoms with Crippen LogP contribution in [0.25, 0.3) is 0 Å². The topological polar surface area (TPSA) is 87.7 Å². The van der Waals surface area contributed by atoms with Gasteiger partial charge in [-0.1, -0.05) is 6.07 Å². The fourth-order valence-corrected chi connectivity index (χ4v) is 2.08. The van der Waals surface area contributed by atoms with Gasteiger partial charge in [0.1, 0.15) is 6.61 Å². The number of carbonyl (C=O) groups excluding carboxylic acids is 1. The number of aliphatic carboxylic acids is 1. The van der Waals surface area contributed by atoms with Gasteiger partial charge in [-0.3, -0.25) is 0 Å². The molecule has 0 saturated carbocycles. The molecule has 0 bridgehead atoms. The lowest BCUT2D eigenvalue weighted by Gasteiger charge is -2.14. The molecule has 0 radical (unpaired) electrons. The van der Waals surface area contributed by atoms with Crippen LogP contribution in [0.1, 0.15) is 10.9 Å². The maximum Gasteiger partial charge on any atom is 0.411 e. The number of urea groups is 1. The molecule has 1 rings (SSSR count). The van der Waals surface area contributed by atoms with Crippen LogP contribution in [0, 0.1) is 0 Å². The van der Waals surface area contributed by atoms with Crippen molar-refractivity contribution in [3.05, 3.63) is 22.4 Å². The molecule has 0 saturated heterocycles. The summed E-state index contributed by atoms with van der Waals surface area (Å²) in [5, 5.41) is 15.1. The highest BCUT2D eigenvalue weighted by Gasteiger charge is 2.27. The zero-order chi connectivity index (χ0) is 15.9. The molecule has 0 aromatic carbocycles. The summed E-state index contributed by atoms with van der Waals surface area (Å²) in [6.45, 7) is -1.90. The van der Waals surface area contributed by atoms with E-state index >= 15 is 0 Å². The van der Waals surface area contributed by atoms with E-state index in [9.17, 15) is 22.8 Å². The second-order valence-corrected chi connectivity index (χ2v) is 4.83. The van der Waals surface area contributed by atoms with Gasteiger partial charge in [0.25, 0.3) is 0 Å². The molecule has 118 valence electrons. The number of hydrogen-bond acceptors (Lipinski definition) is 4. The normalized spacial score (nSPS) is 12.7.